The van der Waals surface area contributed by atoms with Crippen molar-refractivity contribution in [3.63, 3.8) is 0 Å². The quantitative estimate of drug-likeness (QED) is 0.679. The van der Waals surface area contributed by atoms with E-state index in [9.17, 15) is 4.79 Å². The molecule has 1 aromatic carbocycles. The van der Waals surface area contributed by atoms with E-state index in [1.165, 1.54) is 0 Å². The molecule has 2 aromatic heterocycles. The molecule has 6 heteroatoms. The highest BCUT2D eigenvalue weighted by molar-refractivity contribution is 5.93. The second kappa shape index (κ2) is 7.92. The number of hydrogen-bond acceptors (Lipinski definition) is 4. The summed E-state index contributed by atoms with van der Waals surface area (Å²) in [5.74, 6) is 1.42. The number of amides is 1. The summed E-state index contributed by atoms with van der Waals surface area (Å²) in [6.07, 6.45) is 7.44. The second-order valence-corrected chi connectivity index (χ2v) is 5.15. The molecule has 0 spiro atoms. The third kappa shape index (κ3) is 4.19. The molecule has 122 valence electrons. The molecule has 0 aliphatic rings. The van der Waals surface area contributed by atoms with Crippen molar-refractivity contribution in [2.75, 3.05) is 13.2 Å². The van der Waals surface area contributed by atoms with Crippen LogP contribution in [0, 0.1) is 0 Å². The molecule has 0 saturated heterocycles. The lowest BCUT2D eigenvalue weighted by Gasteiger charge is -2.08. The first-order chi connectivity index (χ1) is 11.8. The lowest BCUT2D eigenvalue weighted by molar-refractivity contribution is 0.0951. The van der Waals surface area contributed by atoms with Crippen molar-refractivity contribution in [1.82, 2.24) is 19.9 Å². The van der Waals surface area contributed by atoms with Crippen molar-refractivity contribution in [1.29, 1.82) is 0 Å². The van der Waals surface area contributed by atoms with E-state index in [1.807, 2.05) is 30.3 Å². The van der Waals surface area contributed by atoms with Crippen LogP contribution in [0.4, 0.5) is 0 Å². The maximum Gasteiger partial charge on any atom is 0.252 e. The van der Waals surface area contributed by atoms with Crippen LogP contribution in [-0.4, -0.2) is 33.6 Å². The van der Waals surface area contributed by atoms with Gasteiger partial charge >= 0.3 is 0 Å². The van der Waals surface area contributed by atoms with Crippen LogP contribution >= 0.6 is 0 Å². The summed E-state index contributed by atoms with van der Waals surface area (Å²) in [7, 11) is 0. The van der Waals surface area contributed by atoms with Gasteiger partial charge in [0.05, 0.1) is 12.2 Å². The minimum Gasteiger partial charge on any atom is -0.494 e. The predicted octanol–water partition coefficient (Wildman–Crippen LogP) is 2.47. The summed E-state index contributed by atoms with van der Waals surface area (Å²) in [5, 5.41) is 2.86. The van der Waals surface area contributed by atoms with E-state index in [4.69, 9.17) is 4.74 Å². The highest BCUT2D eigenvalue weighted by Crippen LogP contribution is 2.08. The molecule has 3 rings (SSSR count). The first kappa shape index (κ1) is 15.7. The van der Waals surface area contributed by atoms with Gasteiger partial charge in [-0.15, -0.1) is 0 Å². The number of nitrogens with one attached hydrogen (secondary N) is 1. The average Bonchev–Trinajstić information content (AvgIpc) is 3.17. The zero-order valence-corrected chi connectivity index (χ0v) is 13.1. The molecule has 0 aliphatic heterocycles. The van der Waals surface area contributed by atoms with E-state index in [2.05, 4.69) is 15.3 Å². The van der Waals surface area contributed by atoms with Crippen LogP contribution in [0.5, 0.6) is 5.75 Å². The Morgan fingerprint density at radius 1 is 1.17 bits per heavy atom. The normalized spacial score (nSPS) is 10.3. The van der Waals surface area contributed by atoms with E-state index in [0.717, 1.165) is 18.0 Å². The predicted molar refractivity (Wildman–Crippen MR) is 90.2 cm³/mol. The van der Waals surface area contributed by atoms with Gasteiger partial charge in [0.25, 0.3) is 5.91 Å². The number of ether oxygens (including phenoxy) is 1. The van der Waals surface area contributed by atoms with Crippen LogP contribution in [0.3, 0.4) is 0 Å². The standard InChI is InChI=1S/C18H18N4O2/c23-18(20-9-4-12-24-16-5-2-1-3-6-16)15-7-8-17(21-13-15)22-11-10-19-14-22/h1-3,5-8,10-11,13-14H,4,9,12H2,(H,20,23). The number of benzene rings is 1. The molecule has 6 nitrogen and oxygen atoms in total. The zero-order chi connectivity index (χ0) is 16.6. The molecule has 1 amide bonds. The number of nitrogens with zero attached hydrogens (tertiary/aromatic N) is 3. The number of para-hydroxylation sites is 1. The minimum atomic E-state index is -0.139. The highest BCUT2D eigenvalue weighted by Gasteiger charge is 2.06. The topological polar surface area (TPSA) is 69.0 Å². The maximum atomic E-state index is 12.1. The van der Waals surface area contributed by atoms with Crippen LogP contribution in [-0.2, 0) is 0 Å². The van der Waals surface area contributed by atoms with Gasteiger partial charge in [0, 0.05) is 25.1 Å². The van der Waals surface area contributed by atoms with Gasteiger partial charge in [0.15, 0.2) is 0 Å². The lowest BCUT2D eigenvalue weighted by atomic mass is 10.2. The van der Waals surface area contributed by atoms with Gasteiger partial charge in [-0.05, 0) is 30.7 Å². The summed E-state index contributed by atoms with van der Waals surface area (Å²) in [6, 6.07) is 13.2. The molecule has 0 saturated carbocycles. The van der Waals surface area contributed by atoms with Crippen LogP contribution in [0.1, 0.15) is 16.8 Å². The molecule has 0 radical (unpaired) electrons. The molecule has 0 unspecified atom stereocenters. The van der Waals surface area contributed by atoms with Gasteiger partial charge < -0.3 is 10.1 Å². The number of carbonyl (C=O) groups excluding carboxylic acids is 1. The van der Waals surface area contributed by atoms with Gasteiger partial charge in [0.1, 0.15) is 17.9 Å². The lowest BCUT2D eigenvalue weighted by Crippen LogP contribution is -2.25. The third-order valence-electron chi connectivity index (χ3n) is 3.40. The number of pyridine rings is 1. The van der Waals surface area contributed by atoms with Crippen molar-refractivity contribution in [3.8, 4) is 11.6 Å². The van der Waals surface area contributed by atoms with Crippen LogP contribution < -0.4 is 10.1 Å². The van der Waals surface area contributed by atoms with Crippen molar-refractivity contribution in [3.05, 3.63) is 72.9 Å². The van der Waals surface area contributed by atoms with E-state index < -0.39 is 0 Å². The monoisotopic (exact) mass is 322 g/mol. The van der Waals surface area contributed by atoms with Gasteiger partial charge in [-0.1, -0.05) is 18.2 Å². The number of aromatic nitrogens is 3. The Kier molecular flexibility index (Phi) is 5.19. The Bertz CT molecular complexity index is 755. The fourth-order valence-electron chi connectivity index (χ4n) is 2.15. The second-order valence-electron chi connectivity index (χ2n) is 5.15. The van der Waals surface area contributed by atoms with E-state index in [-0.39, 0.29) is 5.91 Å². The van der Waals surface area contributed by atoms with Crippen molar-refractivity contribution in [2.45, 2.75) is 6.42 Å². The zero-order valence-electron chi connectivity index (χ0n) is 13.1. The Balaban J connectivity index is 1.42. The maximum absolute atomic E-state index is 12.1. The Morgan fingerprint density at radius 2 is 2.04 bits per heavy atom. The largest absolute Gasteiger partial charge is 0.494 e. The number of rotatable bonds is 7. The van der Waals surface area contributed by atoms with Crippen molar-refractivity contribution in [2.24, 2.45) is 0 Å². The first-order valence-electron chi connectivity index (χ1n) is 7.73. The number of imidazole rings is 1. The first-order valence-corrected chi connectivity index (χ1v) is 7.73. The van der Waals surface area contributed by atoms with Gasteiger partial charge in [0.2, 0.25) is 0 Å². The van der Waals surface area contributed by atoms with Crippen LogP contribution in [0.15, 0.2) is 67.4 Å². The van der Waals surface area contributed by atoms with E-state index >= 15 is 0 Å². The molecule has 2 heterocycles. The molecule has 1 N–H and O–H groups in total. The number of carbonyl (C=O) groups is 1. The molecule has 24 heavy (non-hydrogen) atoms. The molecule has 0 aliphatic carbocycles. The van der Waals surface area contributed by atoms with Gasteiger partial charge in [-0.3, -0.25) is 9.36 Å². The van der Waals surface area contributed by atoms with Crippen LogP contribution in [0.25, 0.3) is 5.82 Å². The molecular weight excluding hydrogens is 304 g/mol. The Labute approximate surface area is 140 Å². The fourth-order valence-corrected chi connectivity index (χ4v) is 2.15. The smallest absolute Gasteiger partial charge is 0.252 e. The van der Waals surface area contributed by atoms with Crippen molar-refractivity contribution < 1.29 is 9.53 Å². The average molecular weight is 322 g/mol. The molecule has 0 bridgehead atoms. The summed E-state index contributed by atoms with van der Waals surface area (Å²) in [5.41, 5.74) is 0.530. The molecule has 0 atom stereocenters. The van der Waals surface area contributed by atoms with E-state index in [0.29, 0.717) is 18.7 Å². The van der Waals surface area contributed by atoms with E-state index in [1.54, 1.807) is 41.6 Å². The molecule has 0 fully saturated rings. The highest BCUT2D eigenvalue weighted by atomic mass is 16.5. The molecule has 3 aromatic rings. The Hall–Kier alpha value is -3.15. The van der Waals surface area contributed by atoms with Crippen LogP contribution in [0.2, 0.25) is 0 Å². The molecular formula is C18H18N4O2. The Morgan fingerprint density at radius 3 is 2.75 bits per heavy atom. The number of hydrogen-bond donors (Lipinski definition) is 1. The van der Waals surface area contributed by atoms with Gasteiger partial charge in [-0.25, -0.2) is 9.97 Å². The summed E-state index contributed by atoms with van der Waals surface area (Å²) in [6.45, 7) is 1.11. The third-order valence-corrected chi connectivity index (χ3v) is 3.40. The van der Waals surface area contributed by atoms with Crippen molar-refractivity contribution >= 4 is 5.91 Å². The minimum absolute atomic E-state index is 0.139. The summed E-state index contributed by atoms with van der Waals surface area (Å²) in [4.78, 5) is 20.3. The fraction of sp³-hybridized carbons (Fsp3) is 0.167. The summed E-state index contributed by atoms with van der Waals surface area (Å²) < 4.78 is 7.36. The van der Waals surface area contributed by atoms with Gasteiger partial charge in [-0.2, -0.15) is 0 Å². The summed E-state index contributed by atoms with van der Waals surface area (Å²) >= 11 is 0. The SMILES string of the molecule is O=C(NCCCOc1ccccc1)c1ccc(-n2ccnc2)nc1.